The normalized spacial score (nSPS) is 39.0. The van der Waals surface area contributed by atoms with Crippen molar-refractivity contribution in [2.24, 2.45) is 11.7 Å². The van der Waals surface area contributed by atoms with E-state index in [4.69, 9.17) is 5.73 Å². The van der Waals surface area contributed by atoms with Gasteiger partial charge in [0, 0.05) is 18.1 Å². The van der Waals surface area contributed by atoms with Gasteiger partial charge in [-0.2, -0.15) is 0 Å². The highest BCUT2D eigenvalue weighted by molar-refractivity contribution is 4.91. The molecule has 3 fully saturated rings. The lowest BCUT2D eigenvalue weighted by Gasteiger charge is -2.46. The third kappa shape index (κ3) is 3.37. The lowest BCUT2D eigenvalue weighted by Crippen LogP contribution is -2.55. The minimum Gasteiger partial charge on any atom is -0.326 e. The Labute approximate surface area is 124 Å². The molecular formula is C17H33N3. The van der Waals surface area contributed by atoms with Crippen LogP contribution in [0.25, 0.3) is 0 Å². The molecule has 0 aromatic rings. The Morgan fingerprint density at radius 3 is 2.20 bits per heavy atom. The van der Waals surface area contributed by atoms with Gasteiger partial charge in [-0.3, -0.25) is 4.90 Å². The SMILES string of the molecule is CC1CCC(N)C(N2CCC(N3CCCCC3)CC2)C1. The standard InChI is InChI=1S/C17H33N3/c1-14-5-6-16(18)17(13-14)20-11-7-15(8-12-20)19-9-3-2-4-10-19/h14-17H,2-13,18H2,1H3. The average molecular weight is 279 g/mol. The maximum atomic E-state index is 6.40. The van der Waals surface area contributed by atoms with Crippen molar-refractivity contribution in [3.8, 4) is 0 Å². The molecule has 116 valence electrons. The van der Waals surface area contributed by atoms with Gasteiger partial charge in [0.05, 0.1) is 0 Å². The minimum atomic E-state index is 0.428. The topological polar surface area (TPSA) is 32.5 Å². The lowest BCUT2D eigenvalue weighted by atomic mass is 9.82. The van der Waals surface area contributed by atoms with Crippen molar-refractivity contribution in [1.82, 2.24) is 9.80 Å². The smallest absolute Gasteiger partial charge is 0.0249 e. The summed E-state index contributed by atoms with van der Waals surface area (Å²) in [6, 6.07) is 1.96. The minimum absolute atomic E-state index is 0.428. The third-order valence-corrected chi connectivity index (χ3v) is 6.01. The van der Waals surface area contributed by atoms with Gasteiger partial charge in [-0.25, -0.2) is 0 Å². The van der Waals surface area contributed by atoms with Crippen LogP contribution in [0, 0.1) is 5.92 Å². The lowest BCUT2D eigenvalue weighted by molar-refractivity contribution is 0.0474. The molecule has 0 amide bonds. The highest BCUT2D eigenvalue weighted by Gasteiger charge is 2.34. The summed E-state index contributed by atoms with van der Waals surface area (Å²) >= 11 is 0. The maximum Gasteiger partial charge on any atom is 0.0249 e. The predicted octanol–water partition coefficient (Wildman–Crippen LogP) is 2.45. The van der Waals surface area contributed by atoms with Gasteiger partial charge >= 0.3 is 0 Å². The number of likely N-dealkylation sites (tertiary alicyclic amines) is 2. The molecule has 3 nitrogen and oxygen atoms in total. The first-order chi connectivity index (χ1) is 9.74. The molecule has 0 aromatic carbocycles. The van der Waals surface area contributed by atoms with Gasteiger partial charge in [-0.05, 0) is 77.0 Å². The molecule has 1 aliphatic carbocycles. The Bertz CT molecular complexity index is 293. The molecule has 2 heterocycles. The number of nitrogens with zero attached hydrogens (tertiary/aromatic N) is 2. The van der Waals surface area contributed by atoms with E-state index in [2.05, 4.69) is 16.7 Å². The van der Waals surface area contributed by atoms with Crippen molar-refractivity contribution in [1.29, 1.82) is 0 Å². The Hall–Kier alpha value is -0.120. The molecule has 3 unspecified atom stereocenters. The molecule has 0 bridgehead atoms. The van der Waals surface area contributed by atoms with Crippen LogP contribution in [0.2, 0.25) is 0 Å². The number of nitrogens with two attached hydrogens (primary N) is 1. The molecule has 2 aliphatic heterocycles. The number of piperidine rings is 2. The van der Waals surface area contributed by atoms with E-state index in [0.29, 0.717) is 12.1 Å². The monoisotopic (exact) mass is 279 g/mol. The van der Waals surface area contributed by atoms with Crippen molar-refractivity contribution in [3.05, 3.63) is 0 Å². The Morgan fingerprint density at radius 1 is 0.800 bits per heavy atom. The van der Waals surface area contributed by atoms with Gasteiger partial charge in [0.15, 0.2) is 0 Å². The fourth-order valence-corrected chi connectivity index (χ4v) is 4.66. The van der Waals surface area contributed by atoms with Gasteiger partial charge in [-0.1, -0.05) is 13.3 Å². The molecule has 3 heteroatoms. The summed E-state index contributed by atoms with van der Waals surface area (Å²) in [5.74, 6) is 0.875. The molecule has 1 saturated carbocycles. The van der Waals surface area contributed by atoms with Crippen LogP contribution in [0.5, 0.6) is 0 Å². The van der Waals surface area contributed by atoms with Crippen LogP contribution >= 0.6 is 0 Å². The van der Waals surface area contributed by atoms with Gasteiger partial charge in [0.2, 0.25) is 0 Å². The van der Waals surface area contributed by atoms with Gasteiger partial charge in [0.1, 0.15) is 0 Å². The molecule has 2 N–H and O–H groups in total. The van der Waals surface area contributed by atoms with Crippen molar-refractivity contribution >= 4 is 0 Å². The number of rotatable bonds is 2. The first-order valence-corrected chi connectivity index (χ1v) is 8.97. The molecule has 2 saturated heterocycles. The number of hydrogen-bond acceptors (Lipinski definition) is 3. The van der Waals surface area contributed by atoms with E-state index in [1.807, 2.05) is 0 Å². The van der Waals surface area contributed by atoms with Crippen LogP contribution in [0.3, 0.4) is 0 Å². The number of hydrogen-bond donors (Lipinski definition) is 1. The highest BCUT2D eigenvalue weighted by atomic mass is 15.2. The van der Waals surface area contributed by atoms with Crippen LogP contribution in [0.1, 0.15) is 58.3 Å². The summed E-state index contributed by atoms with van der Waals surface area (Å²) in [4.78, 5) is 5.49. The van der Waals surface area contributed by atoms with Crippen LogP contribution in [-0.4, -0.2) is 54.1 Å². The van der Waals surface area contributed by atoms with Crippen LogP contribution in [0.15, 0.2) is 0 Å². The van der Waals surface area contributed by atoms with Crippen molar-refractivity contribution in [2.75, 3.05) is 26.2 Å². The third-order valence-electron chi connectivity index (χ3n) is 6.01. The van der Waals surface area contributed by atoms with Gasteiger partial charge < -0.3 is 10.6 Å². The van der Waals surface area contributed by atoms with Crippen molar-refractivity contribution in [2.45, 2.75) is 76.4 Å². The second-order valence-electron chi connectivity index (χ2n) is 7.51. The van der Waals surface area contributed by atoms with Crippen LogP contribution in [-0.2, 0) is 0 Å². The zero-order valence-corrected chi connectivity index (χ0v) is 13.3. The molecule has 3 atom stereocenters. The van der Waals surface area contributed by atoms with E-state index < -0.39 is 0 Å². The highest BCUT2D eigenvalue weighted by Crippen LogP contribution is 2.30. The van der Waals surface area contributed by atoms with Crippen LogP contribution in [0.4, 0.5) is 0 Å². The first kappa shape index (κ1) is 14.8. The second kappa shape index (κ2) is 6.76. The Balaban J connectivity index is 1.50. The average Bonchev–Trinajstić information content (AvgIpc) is 2.51. The van der Waals surface area contributed by atoms with E-state index in [1.165, 1.54) is 77.5 Å². The maximum absolute atomic E-state index is 6.40. The summed E-state index contributed by atoms with van der Waals surface area (Å²) in [7, 11) is 0. The van der Waals surface area contributed by atoms with E-state index in [0.717, 1.165) is 12.0 Å². The Kier molecular flexibility index (Phi) is 5.00. The summed E-state index contributed by atoms with van der Waals surface area (Å²) in [6.07, 6.45) is 10.9. The quantitative estimate of drug-likeness (QED) is 0.843. The molecule has 0 radical (unpaired) electrons. The van der Waals surface area contributed by atoms with Crippen molar-refractivity contribution in [3.63, 3.8) is 0 Å². The van der Waals surface area contributed by atoms with Crippen molar-refractivity contribution < 1.29 is 0 Å². The predicted molar refractivity (Wildman–Crippen MR) is 84.8 cm³/mol. The fraction of sp³-hybridized carbons (Fsp3) is 1.00. The van der Waals surface area contributed by atoms with E-state index in [-0.39, 0.29) is 0 Å². The molecule has 20 heavy (non-hydrogen) atoms. The molecule has 0 aromatic heterocycles. The molecular weight excluding hydrogens is 246 g/mol. The summed E-state index contributed by atoms with van der Waals surface area (Å²) in [5, 5.41) is 0. The first-order valence-electron chi connectivity index (χ1n) is 8.97. The van der Waals surface area contributed by atoms with Crippen LogP contribution < -0.4 is 5.73 Å². The summed E-state index contributed by atoms with van der Waals surface area (Å²) in [5.41, 5.74) is 6.40. The molecule has 0 spiro atoms. The zero-order chi connectivity index (χ0) is 13.9. The Morgan fingerprint density at radius 2 is 1.50 bits per heavy atom. The van der Waals surface area contributed by atoms with E-state index in [9.17, 15) is 0 Å². The summed E-state index contributed by atoms with van der Waals surface area (Å²) in [6.45, 7) is 7.67. The van der Waals surface area contributed by atoms with E-state index in [1.54, 1.807) is 0 Å². The zero-order valence-electron chi connectivity index (χ0n) is 13.3. The van der Waals surface area contributed by atoms with Gasteiger partial charge in [-0.15, -0.1) is 0 Å². The second-order valence-corrected chi connectivity index (χ2v) is 7.51. The summed E-state index contributed by atoms with van der Waals surface area (Å²) < 4.78 is 0. The molecule has 3 aliphatic rings. The van der Waals surface area contributed by atoms with E-state index >= 15 is 0 Å². The fourth-order valence-electron chi connectivity index (χ4n) is 4.66. The molecule has 3 rings (SSSR count). The largest absolute Gasteiger partial charge is 0.326 e. The van der Waals surface area contributed by atoms with Gasteiger partial charge in [0.25, 0.3) is 0 Å².